The fourth-order valence-electron chi connectivity index (χ4n) is 0.0745. The zero-order valence-electron chi connectivity index (χ0n) is 4.67. The molecule has 0 saturated heterocycles. The molecule has 0 saturated carbocycles. The summed E-state index contributed by atoms with van der Waals surface area (Å²) in [4.78, 5) is 0. The van der Waals surface area contributed by atoms with Crippen LogP contribution >= 0.6 is 20.8 Å². The minimum absolute atomic E-state index is 0. The van der Waals surface area contributed by atoms with Gasteiger partial charge in [0.25, 0.3) is 0 Å². The van der Waals surface area contributed by atoms with Crippen molar-refractivity contribution in [2.24, 2.45) is 0 Å². The highest BCUT2D eigenvalue weighted by atomic mass is 35.5. The molecule has 2 nitrogen and oxygen atoms in total. The van der Waals surface area contributed by atoms with Gasteiger partial charge in [0.1, 0.15) is 0 Å². The Balaban J connectivity index is 0. The third-order valence-electron chi connectivity index (χ3n) is 0.514. The van der Waals surface area contributed by atoms with Crippen LogP contribution in [0, 0.1) is 0 Å². The van der Waals surface area contributed by atoms with E-state index in [4.69, 9.17) is 9.05 Å². The molecule has 0 N–H and O–H groups in total. The molecule has 4 heteroatoms. The highest BCUT2D eigenvalue weighted by molar-refractivity contribution is 7.46. The van der Waals surface area contributed by atoms with Crippen molar-refractivity contribution in [2.45, 2.75) is 0 Å². The van der Waals surface area contributed by atoms with Crippen molar-refractivity contribution in [3.8, 4) is 0 Å². The van der Waals surface area contributed by atoms with Crippen molar-refractivity contribution >= 4 is 20.8 Å². The molecule has 0 heterocycles. The van der Waals surface area contributed by atoms with Gasteiger partial charge in [0, 0.05) is 20.9 Å². The second-order valence-corrected chi connectivity index (χ2v) is 2.41. The van der Waals surface area contributed by atoms with Gasteiger partial charge in [0.2, 0.25) is 0 Å². The van der Waals surface area contributed by atoms with Crippen LogP contribution in [0.1, 0.15) is 0 Å². The Kier molecular flexibility index (Phi) is 10.0. The standard InChI is InChI=1S/C3H9O2P.ClH/c1-4-6(3)5-2;/h1-3H3;1H. The molecule has 0 bridgehead atoms. The Morgan fingerprint density at radius 3 is 1.43 bits per heavy atom. The summed E-state index contributed by atoms with van der Waals surface area (Å²) in [6.07, 6.45) is 0. The minimum Gasteiger partial charge on any atom is -0.338 e. The fraction of sp³-hybridized carbons (Fsp3) is 1.00. The van der Waals surface area contributed by atoms with E-state index in [2.05, 4.69) is 0 Å². The molecule has 0 radical (unpaired) electrons. The minimum atomic E-state index is -0.576. The molecule has 0 unspecified atom stereocenters. The largest absolute Gasteiger partial charge is 0.338 e. The second kappa shape index (κ2) is 6.64. The summed E-state index contributed by atoms with van der Waals surface area (Å²) >= 11 is 0. The molecule has 0 atom stereocenters. The van der Waals surface area contributed by atoms with Crippen LogP contribution < -0.4 is 0 Å². The molecule has 0 spiro atoms. The summed E-state index contributed by atoms with van der Waals surface area (Å²) in [5, 5.41) is 0. The summed E-state index contributed by atoms with van der Waals surface area (Å²) < 4.78 is 9.48. The van der Waals surface area contributed by atoms with Gasteiger partial charge >= 0.3 is 0 Å². The summed E-state index contributed by atoms with van der Waals surface area (Å²) in [5.74, 6) is 0. The van der Waals surface area contributed by atoms with Crippen molar-refractivity contribution in [1.29, 1.82) is 0 Å². The number of hydrogen-bond acceptors (Lipinski definition) is 2. The first-order valence-electron chi connectivity index (χ1n) is 1.63. The molecule has 46 valence electrons. The molecule has 0 fully saturated rings. The Hall–Kier alpha value is 0.640. The van der Waals surface area contributed by atoms with Crippen LogP contribution in [0.4, 0.5) is 0 Å². The van der Waals surface area contributed by atoms with Crippen molar-refractivity contribution in [2.75, 3.05) is 20.9 Å². The van der Waals surface area contributed by atoms with E-state index in [0.29, 0.717) is 0 Å². The Labute approximate surface area is 51.5 Å². The van der Waals surface area contributed by atoms with Crippen LogP contribution in [0.15, 0.2) is 0 Å². The van der Waals surface area contributed by atoms with Gasteiger partial charge in [-0.25, -0.2) is 0 Å². The third-order valence-corrected chi connectivity index (χ3v) is 1.54. The molecule has 0 aromatic heterocycles. The second-order valence-electron chi connectivity index (χ2n) is 0.805. The first-order chi connectivity index (χ1) is 2.81. The van der Waals surface area contributed by atoms with Gasteiger partial charge in [0.05, 0.1) is 0 Å². The van der Waals surface area contributed by atoms with Crippen LogP contribution in [0.25, 0.3) is 0 Å². The van der Waals surface area contributed by atoms with E-state index >= 15 is 0 Å². The molecule has 7 heavy (non-hydrogen) atoms. The number of halogens is 1. The van der Waals surface area contributed by atoms with Crippen molar-refractivity contribution in [3.05, 3.63) is 0 Å². The van der Waals surface area contributed by atoms with E-state index in [1.807, 2.05) is 6.66 Å². The first kappa shape index (κ1) is 10.6. The van der Waals surface area contributed by atoms with Gasteiger partial charge in [-0.3, -0.25) is 0 Å². The van der Waals surface area contributed by atoms with Gasteiger partial charge < -0.3 is 9.05 Å². The molecule has 0 aromatic rings. The molecular weight excluding hydrogens is 134 g/mol. The topological polar surface area (TPSA) is 18.5 Å². The highest BCUT2D eigenvalue weighted by Crippen LogP contribution is 2.29. The van der Waals surface area contributed by atoms with Gasteiger partial charge in [-0.05, 0) is 0 Å². The van der Waals surface area contributed by atoms with Crippen molar-refractivity contribution in [3.63, 3.8) is 0 Å². The van der Waals surface area contributed by atoms with Gasteiger partial charge in [0.15, 0.2) is 8.38 Å². The molecule has 0 aromatic carbocycles. The van der Waals surface area contributed by atoms with E-state index in [1.165, 1.54) is 0 Å². The van der Waals surface area contributed by atoms with E-state index in [9.17, 15) is 0 Å². The summed E-state index contributed by atoms with van der Waals surface area (Å²) in [6.45, 7) is 1.90. The molecule has 0 amide bonds. The summed E-state index contributed by atoms with van der Waals surface area (Å²) in [5.41, 5.74) is 0. The predicted octanol–water partition coefficient (Wildman–Crippen LogP) is 1.64. The normalized spacial score (nSPS) is 8.57. The van der Waals surface area contributed by atoms with E-state index in [0.717, 1.165) is 0 Å². The van der Waals surface area contributed by atoms with Crippen molar-refractivity contribution < 1.29 is 9.05 Å². The average Bonchev–Trinajstić information content (AvgIpc) is 1.65. The smallest absolute Gasteiger partial charge is 0.166 e. The molecule has 0 aliphatic heterocycles. The highest BCUT2D eigenvalue weighted by Gasteiger charge is 1.89. The zero-order chi connectivity index (χ0) is 4.99. The SMILES string of the molecule is COP(C)OC.Cl. The van der Waals surface area contributed by atoms with E-state index < -0.39 is 8.38 Å². The molecule has 0 aliphatic rings. The van der Waals surface area contributed by atoms with Gasteiger partial charge in [-0.2, -0.15) is 0 Å². The zero-order valence-corrected chi connectivity index (χ0v) is 6.38. The lowest BCUT2D eigenvalue weighted by molar-refractivity contribution is 0.346. The quantitative estimate of drug-likeness (QED) is 0.549. The van der Waals surface area contributed by atoms with Crippen LogP contribution in [0.3, 0.4) is 0 Å². The lowest BCUT2D eigenvalue weighted by atomic mass is 11.8. The molecular formula is C3H10ClO2P. The van der Waals surface area contributed by atoms with E-state index in [-0.39, 0.29) is 12.4 Å². The molecule has 0 rings (SSSR count). The Morgan fingerprint density at radius 2 is 1.43 bits per heavy atom. The van der Waals surface area contributed by atoms with Crippen LogP contribution in [-0.4, -0.2) is 20.9 Å². The van der Waals surface area contributed by atoms with Gasteiger partial charge in [-0.15, -0.1) is 12.4 Å². The molecule has 0 aliphatic carbocycles. The van der Waals surface area contributed by atoms with Crippen LogP contribution in [0.2, 0.25) is 0 Å². The summed E-state index contributed by atoms with van der Waals surface area (Å²) in [6, 6.07) is 0. The predicted molar refractivity (Wildman–Crippen MR) is 34.1 cm³/mol. The maximum Gasteiger partial charge on any atom is 0.166 e. The monoisotopic (exact) mass is 144 g/mol. The first-order valence-corrected chi connectivity index (χ1v) is 3.25. The van der Waals surface area contributed by atoms with Crippen LogP contribution in [0.5, 0.6) is 0 Å². The Morgan fingerprint density at radius 1 is 1.14 bits per heavy atom. The maximum absolute atomic E-state index is 4.74. The van der Waals surface area contributed by atoms with Gasteiger partial charge in [-0.1, -0.05) is 0 Å². The van der Waals surface area contributed by atoms with E-state index in [1.54, 1.807) is 14.2 Å². The maximum atomic E-state index is 4.74. The lowest BCUT2D eigenvalue weighted by Crippen LogP contribution is -1.74. The lowest BCUT2D eigenvalue weighted by Gasteiger charge is -2.01. The van der Waals surface area contributed by atoms with Crippen LogP contribution in [-0.2, 0) is 9.05 Å². The van der Waals surface area contributed by atoms with Crippen molar-refractivity contribution in [1.82, 2.24) is 0 Å². The number of rotatable bonds is 2. The fourth-order valence-corrected chi connectivity index (χ4v) is 0.224. The summed E-state index contributed by atoms with van der Waals surface area (Å²) in [7, 11) is 2.69. The average molecular weight is 145 g/mol. The number of hydrogen-bond donors (Lipinski definition) is 0. The third kappa shape index (κ3) is 6.64. The Bertz CT molecular complexity index is 32.1.